The molecular formula is C16H21N3O. The van der Waals surface area contributed by atoms with Crippen molar-refractivity contribution in [3.8, 4) is 5.88 Å². The van der Waals surface area contributed by atoms with E-state index in [1.807, 2.05) is 24.3 Å². The molecule has 3 rings (SSSR count). The quantitative estimate of drug-likeness (QED) is 0.857. The molecule has 1 aromatic carbocycles. The Morgan fingerprint density at radius 1 is 1.25 bits per heavy atom. The highest BCUT2D eigenvalue weighted by atomic mass is 16.5. The van der Waals surface area contributed by atoms with Gasteiger partial charge in [0.1, 0.15) is 12.4 Å². The molecule has 2 atom stereocenters. The number of para-hydroxylation sites is 1. The van der Waals surface area contributed by atoms with E-state index < -0.39 is 0 Å². The Hall–Kier alpha value is -1.68. The molecule has 4 nitrogen and oxygen atoms in total. The topological polar surface area (TPSA) is 38.3 Å². The molecule has 2 aromatic rings. The molecular weight excluding hydrogens is 250 g/mol. The van der Waals surface area contributed by atoms with Gasteiger partial charge in [-0.05, 0) is 25.1 Å². The molecule has 1 aliphatic rings. The molecule has 106 valence electrons. The van der Waals surface area contributed by atoms with Gasteiger partial charge in [0.05, 0.1) is 10.9 Å². The number of benzene rings is 1. The van der Waals surface area contributed by atoms with E-state index in [1.54, 1.807) is 6.33 Å². The Labute approximate surface area is 119 Å². The second-order valence-electron chi connectivity index (χ2n) is 5.32. The second-order valence-corrected chi connectivity index (χ2v) is 5.32. The van der Waals surface area contributed by atoms with Crippen molar-refractivity contribution in [2.45, 2.75) is 38.8 Å². The summed E-state index contributed by atoms with van der Waals surface area (Å²) in [5.41, 5.74) is 0.940. The smallest absolute Gasteiger partial charge is 0.224 e. The molecule has 0 spiro atoms. The zero-order valence-electron chi connectivity index (χ0n) is 12.1. The number of hydrogen-bond donors (Lipinski definition) is 0. The van der Waals surface area contributed by atoms with Gasteiger partial charge in [0, 0.05) is 19.0 Å². The Morgan fingerprint density at radius 3 is 2.85 bits per heavy atom. The first-order valence-electron chi connectivity index (χ1n) is 7.42. The number of nitrogens with zero attached hydrogens (tertiary/aromatic N) is 3. The Bertz CT molecular complexity index is 569. The molecule has 0 amide bonds. The van der Waals surface area contributed by atoms with Crippen LogP contribution in [0.4, 0.5) is 0 Å². The van der Waals surface area contributed by atoms with E-state index in [1.165, 1.54) is 6.42 Å². The minimum Gasteiger partial charge on any atom is -0.472 e. The van der Waals surface area contributed by atoms with Crippen LogP contribution in [-0.4, -0.2) is 40.1 Å². The molecule has 0 saturated carbocycles. The van der Waals surface area contributed by atoms with E-state index in [0.717, 1.165) is 30.4 Å². The van der Waals surface area contributed by atoms with E-state index in [0.29, 0.717) is 11.9 Å². The van der Waals surface area contributed by atoms with Gasteiger partial charge in [-0.15, -0.1) is 0 Å². The van der Waals surface area contributed by atoms with Gasteiger partial charge in [-0.2, -0.15) is 0 Å². The fourth-order valence-electron chi connectivity index (χ4n) is 3.07. The lowest BCUT2D eigenvalue weighted by Crippen LogP contribution is -2.29. The van der Waals surface area contributed by atoms with Crippen LogP contribution in [0.5, 0.6) is 5.88 Å². The van der Waals surface area contributed by atoms with E-state index in [2.05, 4.69) is 28.7 Å². The Morgan fingerprint density at radius 2 is 2.10 bits per heavy atom. The fourth-order valence-corrected chi connectivity index (χ4v) is 3.07. The van der Waals surface area contributed by atoms with E-state index >= 15 is 0 Å². The van der Waals surface area contributed by atoms with Crippen molar-refractivity contribution in [1.29, 1.82) is 0 Å². The van der Waals surface area contributed by atoms with Gasteiger partial charge in [0.25, 0.3) is 0 Å². The molecule has 1 aliphatic heterocycles. The SMILES string of the molecule is CCC1CC(Oc2ncnc3ccccc23)CN1CC. The summed E-state index contributed by atoms with van der Waals surface area (Å²) in [5.74, 6) is 0.716. The molecule has 20 heavy (non-hydrogen) atoms. The first kappa shape index (κ1) is 13.3. The van der Waals surface area contributed by atoms with Crippen LogP contribution in [0.15, 0.2) is 30.6 Å². The Kier molecular flexibility index (Phi) is 3.83. The maximum atomic E-state index is 6.16. The summed E-state index contributed by atoms with van der Waals surface area (Å²) in [7, 11) is 0. The average molecular weight is 271 g/mol. The number of rotatable bonds is 4. The lowest BCUT2D eigenvalue weighted by Gasteiger charge is -2.20. The van der Waals surface area contributed by atoms with Gasteiger partial charge in [0.2, 0.25) is 5.88 Å². The summed E-state index contributed by atoms with van der Waals surface area (Å²) in [6.45, 7) is 6.54. The molecule has 2 heterocycles. The third-order valence-electron chi connectivity index (χ3n) is 4.15. The molecule has 1 saturated heterocycles. The zero-order valence-corrected chi connectivity index (χ0v) is 12.1. The monoisotopic (exact) mass is 271 g/mol. The van der Waals surface area contributed by atoms with Gasteiger partial charge in [0.15, 0.2) is 0 Å². The summed E-state index contributed by atoms with van der Waals surface area (Å²) in [5, 5.41) is 0.998. The summed E-state index contributed by atoms with van der Waals surface area (Å²) in [4.78, 5) is 11.1. The summed E-state index contributed by atoms with van der Waals surface area (Å²) >= 11 is 0. The molecule has 0 aliphatic carbocycles. The minimum atomic E-state index is 0.234. The number of hydrogen-bond acceptors (Lipinski definition) is 4. The predicted octanol–water partition coefficient (Wildman–Crippen LogP) is 2.88. The third kappa shape index (κ3) is 2.48. The van der Waals surface area contributed by atoms with Crippen molar-refractivity contribution >= 4 is 10.9 Å². The van der Waals surface area contributed by atoms with Crippen molar-refractivity contribution in [3.05, 3.63) is 30.6 Å². The third-order valence-corrected chi connectivity index (χ3v) is 4.15. The first-order valence-corrected chi connectivity index (χ1v) is 7.42. The van der Waals surface area contributed by atoms with Crippen LogP contribution in [0.25, 0.3) is 10.9 Å². The highest BCUT2D eigenvalue weighted by Gasteiger charge is 2.31. The van der Waals surface area contributed by atoms with Gasteiger partial charge in [-0.25, -0.2) is 9.97 Å². The molecule has 0 N–H and O–H groups in total. The van der Waals surface area contributed by atoms with Gasteiger partial charge >= 0.3 is 0 Å². The number of ether oxygens (including phenoxy) is 1. The van der Waals surface area contributed by atoms with Crippen molar-refractivity contribution in [2.75, 3.05) is 13.1 Å². The maximum absolute atomic E-state index is 6.16. The maximum Gasteiger partial charge on any atom is 0.224 e. The Balaban J connectivity index is 1.80. The van der Waals surface area contributed by atoms with Crippen molar-refractivity contribution in [3.63, 3.8) is 0 Å². The van der Waals surface area contributed by atoms with Crippen LogP contribution in [0, 0.1) is 0 Å². The second kappa shape index (κ2) is 5.75. The first-order chi connectivity index (χ1) is 9.81. The molecule has 4 heteroatoms. The van der Waals surface area contributed by atoms with Crippen LogP contribution >= 0.6 is 0 Å². The fraction of sp³-hybridized carbons (Fsp3) is 0.500. The summed E-state index contributed by atoms with van der Waals surface area (Å²) < 4.78 is 6.16. The number of aromatic nitrogens is 2. The highest BCUT2D eigenvalue weighted by Crippen LogP contribution is 2.27. The largest absolute Gasteiger partial charge is 0.472 e. The lowest BCUT2D eigenvalue weighted by molar-refractivity contribution is 0.195. The van der Waals surface area contributed by atoms with Gasteiger partial charge in [-0.3, -0.25) is 4.90 Å². The molecule has 0 bridgehead atoms. The standard InChI is InChI=1S/C16H21N3O/c1-3-12-9-13(10-19(12)4-2)20-16-14-7-5-6-8-15(14)17-11-18-16/h5-8,11-13H,3-4,9-10H2,1-2H3. The van der Waals surface area contributed by atoms with Crippen LogP contribution in [0.1, 0.15) is 26.7 Å². The molecule has 2 unspecified atom stereocenters. The molecule has 1 aromatic heterocycles. The summed E-state index contributed by atoms with van der Waals surface area (Å²) in [6.07, 6.45) is 4.08. The number of likely N-dealkylation sites (tertiary alicyclic amines) is 1. The molecule has 0 radical (unpaired) electrons. The van der Waals surface area contributed by atoms with Crippen LogP contribution in [-0.2, 0) is 0 Å². The normalized spacial score (nSPS) is 23.3. The highest BCUT2D eigenvalue weighted by molar-refractivity contribution is 5.82. The predicted molar refractivity (Wildman–Crippen MR) is 79.9 cm³/mol. The van der Waals surface area contributed by atoms with Crippen LogP contribution in [0.2, 0.25) is 0 Å². The van der Waals surface area contributed by atoms with Crippen molar-refractivity contribution < 1.29 is 4.74 Å². The van der Waals surface area contributed by atoms with E-state index in [9.17, 15) is 0 Å². The van der Waals surface area contributed by atoms with E-state index in [-0.39, 0.29) is 6.10 Å². The zero-order chi connectivity index (χ0) is 13.9. The molecule has 1 fully saturated rings. The average Bonchev–Trinajstić information content (AvgIpc) is 2.90. The van der Waals surface area contributed by atoms with Crippen molar-refractivity contribution in [2.24, 2.45) is 0 Å². The lowest BCUT2D eigenvalue weighted by atomic mass is 10.1. The number of fused-ring (bicyclic) bond motifs is 1. The van der Waals surface area contributed by atoms with Crippen LogP contribution < -0.4 is 4.74 Å². The van der Waals surface area contributed by atoms with Gasteiger partial charge < -0.3 is 4.74 Å². The minimum absolute atomic E-state index is 0.234. The van der Waals surface area contributed by atoms with Crippen LogP contribution in [0.3, 0.4) is 0 Å². The van der Waals surface area contributed by atoms with E-state index in [4.69, 9.17) is 4.74 Å². The number of likely N-dealkylation sites (N-methyl/N-ethyl adjacent to an activating group) is 1. The van der Waals surface area contributed by atoms with Gasteiger partial charge in [-0.1, -0.05) is 26.0 Å². The summed E-state index contributed by atoms with van der Waals surface area (Å²) in [6, 6.07) is 8.64. The van der Waals surface area contributed by atoms with Crippen molar-refractivity contribution in [1.82, 2.24) is 14.9 Å².